The van der Waals surface area contributed by atoms with Crippen LogP contribution in [-0.2, 0) is 6.54 Å². The number of fused-ring (bicyclic) bond motifs is 1. The van der Waals surface area contributed by atoms with Crippen molar-refractivity contribution in [2.75, 3.05) is 0 Å². The standard InChI is InChI=1S/C18H23N/c1-14-7-5-8-15(2)19(14)13-17-11-6-10-16-9-3-4-12-18(16)17/h3-4,6,9-12,14-15H,5,7-8,13H2,1-2H3. The third kappa shape index (κ3) is 2.52. The van der Waals surface area contributed by atoms with E-state index in [1.807, 2.05) is 0 Å². The van der Waals surface area contributed by atoms with E-state index in [-0.39, 0.29) is 0 Å². The van der Waals surface area contributed by atoms with Gasteiger partial charge in [0.25, 0.3) is 0 Å². The monoisotopic (exact) mass is 253 g/mol. The number of hydrogen-bond donors (Lipinski definition) is 0. The van der Waals surface area contributed by atoms with Crippen LogP contribution in [0.3, 0.4) is 0 Å². The molecule has 0 aliphatic carbocycles. The number of likely N-dealkylation sites (tertiary alicyclic amines) is 1. The van der Waals surface area contributed by atoms with Crippen molar-refractivity contribution in [1.29, 1.82) is 0 Å². The van der Waals surface area contributed by atoms with E-state index in [9.17, 15) is 0 Å². The van der Waals surface area contributed by atoms with Gasteiger partial charge in [0.2, 0.25) is 0 Å². The van der Waals surface area contributed by atoms with E-state index in [2.05, 4.69) is 61.2 Å². The van der Waals surface area contributed by atoms with Crippen molar-refractivity contribution in [3.05, 3.63) is 48.0 Å². The van der Waals surface area contributed by atoms with Crippen LogP contribution in [0, 0.1) is 0 Å². The molecule has 0 aromatic heterocycles. The summed E-state index contributed by atoms with van der Waals surface area (Å²) in [5, 5.41) is 2.77. The molecule has 1 aliphatic rings. The van der Waals surface area contributed by atoms with Gasteiger partial charge < -0.3 is 0 Å². The molecule has 1 fully saturated rings. The SMILES string of the molecule is CC1CCCC(C)N1Cc1cccc2ccccc12. The Labute approximate surface area is 116 Å². The summed E-state index contributed by atoms with van der Waals surface area (Å²) in [6.07, 6.45) is 4.07. The fraction of sp³-hybridized carbons (Fsp3) is 0.444. The number of benzene rings is 2. The van der Waals surface area contributed by atoms with E-state index in [0.29, 0.717) is 12.1 Å². The van der Waals surface area contributed by atoms with Crippen molar-refractivity contribution < 1.29 is 0 Å². The predicted molar refractivity (Wildman–Crippen MR) is 82.3 cm³/mol. The second-order valence-electron chi connectivity index (χ2n) is 5.94. The van der Waals surface area contributed by atoms with Crippen molar-refractivity contribution in [1.82, 2.24) is 4.90 Å². The molecule has 1 heterocycles. The summed E-state index contributed by atoms with van der Waals surface area (Å²) in [7, 11) is 0. The van der Waals surface area contributed by atoms with Crippen LogP contribution in [-0.4, -0.2) is 17.0 Å². The quantitative estimate of drug-likeness (QED) is 0.756. The molecule has 0 radical (unpaired) electrons. The maximum atomic E-state index is 2.67. The van der Waals surface area contributed by atoms with E-state index in [1.54, 1.807) is 0 Å². The molecule has 0 amide bonds. The van der Waals surface area contributed by atoms with E-state index in [1.165, 1.54) is 35.6 Å². The Morgan fingerprint density at radius 2 is 1.63 bits per heavy atom. The van der Waals surface area contributed by atoms with E-state index >= 15 is 0 Å². The Kier molecular flexibility index (Phi) is 3.56. The maximum absolute atomic E-state index is 2.67. The molecule has 1 nitrogen and oxygen atoms in total. The zero-order valence-electron chi connectivity index (χ0n) is 12.0. The van der Waals surface area contributed by atoms with Crippen molar-refractivity contribution in [2.45, 2.75) is 51.7 Å². The molecule has 100 valence electrons. The molecule has 0 N–H and O–H groups in total. The highest BCUT2D eigenvalue weighted by atomic mass is 15.2. The minimum atomic E-state index is 0.711. The smallest absolute Gasteiger partial charge is 0.0245 e. The Morgan fingerprint density at radius 1 is 0.947 bits per heavy atom. The fourth-order valence-electron chi connectivity index (χ4n) is 3.41. The highest BCUT2D eigenvalue weighted by Crippen LogP contribution is 2.27. The van der Waals surface area contributed by atoms with Crippen LogP contribution in [0.15, 0.2) is 42.5 Å². The lowest BCUT2D eigenvalue weighted by molar-refractivity contribution is 0.0957. The van der Waals surface area contributed by atoms with Gasteiger partial charge in [0.05, 0.1) is 0 Å². The first-order valence-electron chi connectivity index (χ1n) is 7.48. The normalized spacial score (nSPS) is 24.7. The van der Waals surface area contributed by atoms with Crippen LogP contribution < -0.4 is 0 Å². The third-order valence-corrected chi connectivity index (χ3v) is 4.61. The molecule has 0 spiro atoms. The van der Waals surface area contributed by atoms with Gasteiger partial charge in [0.15, 0.2) is 0 Å². The summed E-state index contributed by atoms with van der Waals surface area (Å²) in [6, 6.07) is 16.8. The third-order valence-electron chi connectivity index (χ3n) is 4.61. The average Bonchev–Trinajstić information content (AvgIpc) is 2.43. The van der Waals surface area contributed by atoms with Crippen molar-refractivity contribution >= 4 is 10.8 Å². The van der Waals surface area contributed by atoms with Crippen molar-refractivity contribution in [3.8, 4) is 0 Å². The zero-order valence-corrected chi connectivity index (χ0v) is 12.0. The minimum absolute atomic E-state index is 0.711. The lowest BCUT2D eigenvalue weighted by Gasteiger charge is -2.39. The van der Waals surface area contributed by atoms with E-state index < -0.39 is 0 Å². The summed E-state index contributed by atoms with van der Waals surface area (Å²) in [6.45, 7) is 5.84. The van der Waals surface area contributed by atoms with Gasteiger partial charge in [-0.15, -0.1) is 0 Å². The van der Waals surface area contributed by atoms with Crippen molar-refractivity contribution in [3.63, 3.8) is 0 Å². The van der Waals surface area contributed by atoms with E-state index in [0.717, 1.165) is 6.54 Å². The molecule has 1 heteroatoms. The Morgan fingerprint density at radius 3 is 2.42 bits per heavy atom. The first-order valence-corrected chi connectivity index (χ1v) is 7.48. The first kappa shape index (κ1) is 12.7. The van der Waals surface area contributed by atoms with Crippen LogP contribution in [0.25, 0.3) is 10.8 Å². The molecule has 2 atom stereocenters. The summed E-state index contributed by atoms with van der Waals surface area (Å²) < 4.78 is 0. The van der Waals surface area contributed by atoms with Gasteiger partial charge in [-0.05, 0) is 43.0 Å². The highest BCUT2D eigenvalue weighted by Gasteiger charge is 2.24. The second kappa shape index (κ2) is 5.34. The number of piperidine rings is 1. The van der Waals surface area contributed by atoms with Crippen LogP contribution >= 0.6 is 0 Å². The molecular formula is C18H23N. The van der Waals surface area contributed by atoms with Gasteiger partial charge in [-0.1, -0.05) is 48.9 Å². The summed E-state index contributed by atoms with van der Waals surface area (Å²) in [4.78, 5) is 2.67. The van der Waals surface area contributed by atoms with Crippen LogP contribution in [0.5, 0.6) is 0 Å². The largest absolute Gasteiger partial charge is 0.294 e. The predicted octanol–water partition coefficient (Wildman–Crippen LogP) is 4.60. The molecule has 1 aliphatic heterocycles. The first-order chi connectivity index (χ1) is 9.25. The summed E-state index contributed by atoms with van der Waals surface area (Å²) in [5.74, 6) is 0. The fourth-order valence-corrected chi connectivity index (χ4v) is 3.41. The lowest BCUT2D eigenvalue weighted by Crippen LogP contribution is -2.42. The van der Waals surface area contributed by atoms with Gasteiger partial charge in [-0.25, -0.2) is 0 Å². The topological polar surface area (TPSA) is 3.24 Å². The molecule has 1 saturated heterocycles. The second-order valence-corrected chi connectivity index (χ2v) is 5.94. The highest BCUT2D eigenvalue weighted by molar-refractivity contribution is 5.85. The van der Waals surface area contributed by atoms with Gasteiger partial charge in [0.1, 0.15) is 0 Å². The van der Waals surface area contributed by atoms with Crippen LogP contribution in [0.4, 0.5) is 0 Å². The Hall–Kier alpha value is -1.34. The van der Waals surface area contributed by atoms with Gasteiger partial charge in [-0.2, -0.15) is 0 Å². The van der Waals surface area contributed by atoms with Gasteiger partial charge >= 0.3 is 0 Å². The zero-order chi connectivity index (χ0) is 13.2. The lowest BCUT2D eigenvalue weighted by atomic mass is 9.95. The minimum Gasteiger partial charge on any atom is -0.294 e. The van der Waals surface area contributed by atoms with E-state index in [4.69, 9.17) is 0 Å². The summed E-state index contributed by atoms with van der Waals surface area (Å²) >= 11 is 0. The molecule has 2 aromatic rings. The Bertz CT molecular complexity index is 545. The number of hydrogen-bond acceptors (Lipinski definition) is 1. The molecule has 0 bridgehead atoms. The maximum Gasteiger partial charge on any atom is 0.0245 e. The number of rotatable bonds is 2. The molecule has 0 saturated carbocycles. The average molecular weight is 253 g/mol. The van der Waals surface area contributed by atoms with Gasteiger partial charge in [-0.3, -0.25) is 4.90 Å². The van der Waals surface area contributed by atoms with Gasteiger partial charge in [0, 0.05) is 18.6 Å². The Balaban J connectivity index is 1.92. The molecule has 2 unspecified atom stereocenters. The van der Waals surface area contributed by atoms with Crippen molar-refractivity contribution in [2.24, 2.45) is 0 Å². The molecule has 2 aromatic carbocycles. The molecular weight excluding hydrogens is 230 g/mol. The molecule has 19 heavy (non-hydrogen) atoms. The molecule has 3 rings (SSSR count). The number of nitrogens with zero attached hydrogens (tertiary/aromatic N) is 1. The van der Waals surface area contributed by atoms with Crippen LogP contribution in [0.2, 0.25) is 0 Å². The summed E-state index contributed by atoms with van der Waals surface area (Å²) in [5.41, 5.74) is 1.47. The van der Waals surface area contributed by atoms with Crippen LogP contribution in [0.1, 0.15) is 38.7 Å².